The second-order valence-electron chi connectivity index (χ2n) is 5.12. The van der Waals surface area contributed by atoms with Crippen LogP contribution in [0.3, 0.4) is 0 Å². The Labute approximate surface area is 114 Å². The van der Waals surface area contributed by atoms with E-state index in [1.165, 1.54) is 57.9 Å². The van der Waals surface area contributed by atoms with Gasteiger partial charge in [-0.2, -0.15) is 0 Å². The van der Waals surface area contributed by atoms with Crippen molar-refractivity contribution in [1.29, 1.82) is 0 Å². The minimum Gasteiger partial charge on any atom is -0.330 e. The van der Waals surface area contributed by atoms with Gasteiger partial charge in [0.05, 0.1) is 0 Å². The molecule has 0 aromatic rings. The van der Waals surface area contributed by atoms with E-state index >= 15 is 0 Å². The van der Waals surface area contributed by atoms with Gasteiger partial charge < -0.3 is 16.4 Å². The zero-order valence-corrected chi connectivity index (χ0v) is 12.5. The molecule has 0 rings (SSSR count). The molecule has 0 aliphatic rings. The molecule has 0 heterocycles. The third-order valence-corrected chi connectivity index (χ3v) is 3.22. The number of rotatable bonds is 15. The van der Waals surface area contributed by atoms with Crippen molar-refractivity contribution in [1.82, 2.24) is 10.6 Å². The highest BCUT2D eigenvalue weighted by molar-refractivity contribution is 4.53. The van der Waals surface area contributed by atoms with E-state index in [2.05, 4.69) is 17.6 Å². The van der Waals surface area contributed by atoms with Gasteiger partial charge in [-0.1, -0.05) is 45.4 Å². The third kappa shape index (κ3) is 15.9. The molecule has 0 saturated carbocycles. The maximum Gasteiger partial charge on any atom is -0.00368 e. The Morgan fingerprint density at radius 1 is 0.611 bits per heavy atom. The summed E-state index contributed by atoms with van der Waals surface area (Å²) in [5.74, 6) is 0. The first-order valence-corrected chi connectivity index (χ1v) is 8.03. The van der Waals surface area contributed by atoms with Gasteiger partial charge in [0.25, 0.3) is 0 Å². The fourth-order valence-electron chi connectivity index (χ4n) is 2.02. The van der Waals surface area contributed by atoms with E-state index in [1.807, 2.05) is 0 Å². The van der Waals surface area contributed by atoms with E-state index in [4.69, 9.17) is 5.73 Å². The Kier molecular flexibility index (Phi) is 16.8. The number of unbranched alkanes of at least 4 members (excludes halogenated alkanes) is 6. The van der Waals surface area contributed by atoms with Crippen molar-refractivity contribution in [3.63, 3.8) is 0 Å². The van der Waals surface area contributed by atoms with Crippen molar-refractivity contribution >= 4 is 0 Å². The van der Waals surface area contributed by atoms with E-state index in [-0.39, 0.29) is 0 Å². The molecule has 3 nitrogen and oxygen atoms in total. The number of hydrogen-bond acceptors (Lipinski definition) is 3. The van der Waals surface area contributed by atoms with Crippen LogP contribution in [0.1, 0.15) is 64.7 Å². The van der Waals surface area contributed by atoms with Crippen LogP contribution in [0, 0.1) is 0 Å². The second-order valence-corrected chi connectivity index (χ2v) is 5.12. The highest BCUT2D eigenvalue weighted by Gasteiger charge is 1.92. The molecular formula is C15H35N3. The van der Waals surface area contributed by atoms with Gasteiger partial charge in [-0.15, -0.1) is 0 Å². The van der Waals surface area contributed by atoms with Crippen LogP contribution in [0.15, 0.2) is 0 Å². The van der Waals surface area contributed by atoms with Crippen LogP contribution in [0.2, 0.25) is 0 Å². The summed E-state index contributed by atoms with van der Waals surface area (Å²) in [7, 11) is 0. The summed E-state index contributed by atoms with van der Waals surface area (Å²) < 4.78 is 0. The lowest BCUT2D eigenvalue weighted by Gasteiger charge is -2.06. The van der Waals surface area contributed by atoms with Crippen LogP contribution in [0.25, 0.3) is 0 Å². The molecule has 0 atom stereocenters. The maximum atomic E-state index is 5.42. The summed E-state index contributed by atoms with van der Waals surface area (Å²) in [6.45, 7) is 7.58. The summed E-state index contributed by atoms with van der Waals surface area (Å²) >= 11 is 0. The molecule has 0 aliphatic carbocycles. The number of hydrogen-bond donors (Lipinski definition) is 3. The van der Waals surface area contributed by atoms with E-state index in [0.29, 0.717) is 0 Å². The highest BCUT2D eigenvalue weighted by Crippen LogP contribution is 2.06. The SMILES string of the molecule is CCCCCCCCCNCCCNCCCN. The Bertz CT molecular complexity index is 124. The first kappa shape index (κ1) is 17.9. The Balaban J connectivity index is 2.86. The van der Waals surface area contributed by atoms with E-state index in [1.54, 1.807) is 0 Å². The molecule has 18 heavy (non-hydrogen) atoms. The van der Waals surface area contributed by atoms with Gasteiger partial charge in [0.15, 0.2) is 0 Å². The Morgan fingerprint density at radius 2 is 1.11 bits per heavy atom. The van der Waals surface area contributed by atoms with Crippen LogP contribution in [0.4, 0.5) is 0 Å². The van der Waals surface area contributed by atoms with Crippen molar-refractivity contribution in [3.05, 3.63) is 0 Å². The van der Waals surface area contributed by atoms with Gasteiger partial charge in [-0.25, -0.2) is 0 Å². The van der Waals surface area contributed by atoms with Gasteiger partial charge in [-0.05, 0) is 52.0 Å². The van der Waals surface area contributed by atoms with E-state index in [9.17, 15) is 0 Å². The summed E-state index contributed by atoms with van der Waals surface area (Å²) in [5.41, 5.74) is 5.42. The molecule has 0 aromatic carbocycles. The summed E-state index contributed by atoms with van der Waals surface area (Å²) in [4.78, 5) is 0. The monoisotopic (exact) mass is 257 g/mol. The molecule has 0 unspecified atom stereocenters. The molecule has 0 amide bonds. The first-order chi connectivity index (χ1) is 8.91. The lowest BCUT2D eigenvalue weighted by Crippen LogP contribution is -2.24. The fourth-order valence-corrected chi connectivity index (χ4v) is 2.02. The van der Waals surface area contributed by atoms with Crippen molar-refractivity contribution < 1.29 is 0 Å². The predicted octanol–water partition coefficient (Wildman–Crippen LogP) is 2.66. The maximum absolute atomic E-state index is 5.42. The van der Waals surface area contributed by atoms with Gasteiger partial charge in [-0.3, -0.25) is 0 Å². The zero-order valence-electron chi connectivity index (χ0n) is 12.5. The molecule has 0 fully saturated rings. The van der Waals surface area contributed by atoms with Gasteiger partial charge in [0.2, 0.25) is 0 Å². The standard InChI is InChI=1S/C15H35N3/c1-2-3-4-5-6-7-8-12-17-14-10-15-18-13-9-11-16/h17-18H,2-16H2,1H3. The molecule has 3 heteroatoms. The third-order valence-electron chi connectivity index (χ3n) is 3.22. The van der Waals surface area contributed by atoms with Crippen molar-refractivity contribution in [2.45, 2.75) is 64.7 Å². The van der Waals surface area contributed by atoms with Crippen molar-refractivity contribution in [3.8, 4) is 0 Å². The largest absolute Gasteiger partial charge is 0.330 e. The fraction of sp³-hybridized carbons (Fsp3) is 1.00. The quantitative estimate of drug-likeness (QED) is 0.395. The van der Waals surface area contributed by atoms with Crippen LogP contribution >= 0.6 is 0 Å². The summed E-state index contributed by atoms with van der Waals surface area (Å²) in [5, 5.41) is 6.91. The highest BCUT2D eigenvalue weighted by atomic mass is 14.9. The molecule has 0 aromatic heterocycles. The summed E-state index contributed by atoms with van der Waals surface area (Å²) in [6, 6.07) is 0. The average Bonchev–Trinajstić information content (AvgIpc) is 2.39. The molecule has 4 N–H and O–H groups in total. The van der Waals surface area contributed by atoms with Gasteiger partial charge in [0, 0.05) is 0 Å². The Hall–Kier alpha value is -0.120. The van der Waals surface area contributed by atoms with Crippen molar-refractivity contribution in [2.75, 3.05) is 32.7 Å². The molecule has 110 valence electrons. The van der Waals surface area contributed by atoms with Crippen LogP contribution in [-0.2, 0) is 0 Å². The summed E-state index contributed by atoms with van der Waals surface area (Å²) in [6.07, 6.45) is 12.1. The predicted molar refractivity (Wildman–Crippen MR) is 82.0 cm³/mol. The minimum atomic E-state index is 0.795. The molecule has 0 bridgehead atoms. The zero-order chi connectivity index (χ0) is 13.3. The molecular weight excluding hydrogens is 222 g/mol. The topological polar surface area (TPSA) is 50.1 Å². The van der Waals surface area contributed by atoms with Crippen LogP contribution in [-0.4, -0.2) is 32.7 Å². The number of nitrogens with two attached hydrogens (primary N) is 1. The van der Waals surface area contributed by atoms with Crippen LogP contribution < -0.4 is 16.4 Å². The second kappa shape index (κ2) is 16.9. The first-order valence-electron chi connectivity index (χ1n) is 8.03. The smallest absolute Gasteiger partial charge is 0.00368 e. The normalized spacial score (nSPS) is 11.0. The van der Waals surface area contributed by atoms with Gasteiger partial charge >= 0.3 is 0 Å². The van der Waals surface area contributed by atoms with E-state index in [0.717, 1.165) is 32.6 Å². The van der Waals surface area contributed by atoms with E-state index < -0.39 is 0 Å². The molecule has 0 saturated heterocycles. The molecule has 0 aliphatic heterocycles. The minimum absolute atomic E-state index is 0.795. The average molecular weight is 257 g/mol. The van der Waals surface area contributed by atoms with Gasteiger partial charge in [0.1, 0.15) is 0 Å². The Morgan fingerprint density at radius 3 is 1.72 bits per heavy atom. The van der Waals surface area contributed by atoms with Crippen LogP contribution in [0.5, 0.6) is 0 Å². The molecule has 0 radical (unpaired) electrons. The number of nitrogens with one attached hydrogen (secondary N) is 2. The molecule has 0 spiro atoms. The lowest BCUT2D eigenvalue weighted by molar-refractivity contribution is 0.546. The lowest BCUT2D eigenvalue weighted by atomic mass is 10.1. The van der Waals surface area contributed by atoms with Crippen molar-refractivity contribution in [2.24, 2.45) is 5.73 Å².